The van der Waals surface area contributed by atoms with Crippen molar-refractivity contribution in [2.45, 2.75) is 45.6 Å². The van der Waals surface area contributed by atoms with E-state index in [1.54, 1.807) is 20.8 Å². The maximum absolute atomic E-state index is 11.8. The molecule has 0 spiro atoms. The Labute approximate surface area is 107 Å². The molecule has 2 N–H and O–H groups in total. The third-order valence-electron chi connectivity index (χ3n) is 2.12. The van der Waals surface area contributed by atoms with Crippen LogP contribution in [0.1, 0.15) is 40.0 Å². The van der Waals surface area contributed by atoms with Gasteiger partial charge in [-0.2, -0.15) is 4.89 Å². The first-order valence-electron chi connectivity index (χ1n) is 5.70. The zero-order chi connectivity index (χ0) is 14.3. The largest absolute Gasteiger partial charge is 0.505 e. The number of carbonyl (C=O) groups excluding carboxylic acids is 1. The highest BCUT2D eigenvalue weighted by Gasteiger charge is 2.28. The van der Waals surface area contributed by atoms with Crippen molar-refractivity contribution in [2.24, 2.45) is 5.92 Å². The number of ether oxygens (including phenoxy) is 1. The lowest BCUT2D eigenvalue weighted by Gasteiger charge is -2.23. The lowest BCUT2D eigenvalue weighted by atomic mass is 10.00. The van der Waals surface area contributed by atoms with Gasteiger partial charge in [-0.1, -0.05) is 0 Å². The molecule has 0 aromatic heterocycles. The van der Waals surface area contributed by atoms with E-state index in [1.165, 1.54) is 0 Å². The second-order valence-electron chi connectivity index (χ2n) is 5.03. The summed E-state index contributed by atoms with van der Waals surface area (Å²) in [5.74, 6) is -2.16. The zero-order valence-corrected chi connectivity index (χ0v) is 11.8. The first kappa shape index (κ1) is 17.0. The van der Waals surface area contributed by atoms with Crippen LogP contribution in [0.15, 0.2) is 0 Å². The van der Waals surface area contributed by atoms with Crippen molar-refractivity contribution in [2.75, 3.05) is 6.16 Å². The van der Waals surface area contributed by atoms with Gasteiger partial charge in [-0.05, 0) is 31.8 Å². The summed E-state index contributed by atoms with van der Waals surface area (Å²) < 4.78 is 15.8. The van der Waals surface area contributed by atoms with Crippen LogP contribution in [0, 0.1) is 5.92 Å². The molecule has 0 saturated heterocycles. The third kappa shape index (κ3) is 9.07. The minimum atomic E-state index is -2.32. The summed E-state index contributed by atoms with van der Waals surface area (Å²) in [7, 11) is -2.32. The average Bonchev–Trinajstić information content (AvgIpc) is 2.13. The van der Waals surface area contributed by atoms with Gasteiger partial charge in [-0.15, -0.1) is 0 Å². The van der Waals surface area contributed by atoms with E-state index < -0.39 is 31.5 Å². The van der Waals surface area contributed by atoms with Gasteiger partial charge in [-0.3, -0.25) is 9.59 Å². The fraction of sp³-hybridized carbons (Fsp3) is 0.818. The molecule has 0 aliphatic heterocycles. The molecule has 0 saturated carbocycles. The van der Waals surface area contributed by atoms with Gasteiger partial charge in [0.05, 0.1) is 5.92 Å². The van der Waals surface area contributed by atoms with Crippen LogP contribution in [-0.4, -0.2) is 33.7 Å². The Morgan fingerprint density at radius 2 is 1.83 bits per heavy atom. The second kappa shape index (κ2) is 7.44. The molecule has 0 aromatic carbocycles. The monoisotopic (exact) mass is 279 g/mol. The van der Waals surface area contributed by atoms with Crippen molar-refractivity contribution >= 4 is 20.0 Å². The Balaban J connectivity index is 4.48. The standard InChI is InChI=1S/C11H19O6P/c1-11(2,3)17-10(14)8(4-5-9(12)13)6-7-18(15)16/h8H,4-7H2,1-3H3,(H-,12,13,15,16)/p+1. The SMILES string of the molecule is CC(C)(C)OC(=O)C(CCC(=O)O)CC[P+](=O)O. The summed E-state index contributed by atoms with van der Waals surface area (Å²) in [5, 5.41) is 8.59. The molecular formula is C11H20O6P+. The van der Waals surface area contributed by atoms with Gasteiger partial charge in [0.1, 0.15) is 5.60 Å². The Morgan fingerprint density at radius 3 is 2.22 bits per heavy atom. The predicted molar refractivity (Wildman–Crippen MR) is 65.5 cm³/mol. The van der Waals surface area contributed by atoms with Crippen LogP contribution < -0.4 is 0 Å². The first-order valence-corrected chi connectivity index (χ1v) is 7.10. The van der Waals surface area contributed by atoms with Gasteiger partial charge in [0.2, 0.25) is 0 Å². The quantitative estimate of drug-likeness (QED) is 0.545. The molecule has 0 fully saturated rings. The highest BCUT2D eigenvalue weighted by Crippen LogP contribution is 2.23. The molecule has 0 aliphatic carbocycles. The van der Waals surface area contributed by atoms with Crippen molar-refractivity contribution in [1.82, 2.24) is 0 Å². The molecule has 0 amide bonds. The summed E-state index contributed by atoms with van der Waals surface area (Å²) in [6.07, 6.45) is 0.0896. The number of carboxylic acid groups (broad SMARTS) is 1. The fourth-order valence-electron chi connectivity index (χ4n) is 1.33. The highest BCUT2D eigenvalue weighted by atomic mass is 31.1. The van der Waals surface area contributed by atoms with E-state index in [2.05, 4.69) is 0 Å². The van der Waals surface area contributed by atoms with Crippen molar-refractivity contribution in [3.05, 3.63) is 0 Å². The average molecular weight is 279 g/mol. The van der Waals surface area contributed by atoms with Gasteiger partial charge < -0.3 is 9.84 Å². The van der Waals surface area contributed by atoms with Crippen molar-refractivity contribution in [1.29, 1.82) is 0 Å². The normalized spacial score (nSPS) is 13.9. The van der Waals surface area contributed by atoms with Gasteiger partial charge in [0, 0.05) is 12.8 Å². The molecule has 7 heteroatoms. The molecule has 2 unspecified atom stereocenters. The van der Waals surface area contributed by atoms with Gasteiger partial charge in [-0.25, -0.2) is 0 Å². The Hall–Kier alpha value is -1.00. The van der Waals surface area contributed by atoms with E-state index in [-0.39, 0.29) is 25.4 Å². The number of aliphatic carboxylic acids is 1. The number of esters is 1. The summed E-state index contributed by atoms with van der Waals surface area (Å²) in [4.78, 5) is 31.0. The summed E-state index contributed by atoms with van der Waals surface area (Å²) in [6, 6.07) is 0. The van der Waals surface area contributed by atoms with Gasteiger partial charge in [0.15, 0.2) is 6.16 Å². The molecule has 0 aliphatic rings. The smallest absolute Gasteiger partial charge is 0.481 e. The minimum absolute atomic E-state index is 0.0289. The molecule has 0 bridgehead atoms. The van der Waals surface area contributed by atoms with E-state index in [0.29, 0.717) is 0 Å². The van der Waals surface area contributed by atoms with Gasteiger partial charge in [0.25, 0.3) is 0 Å². The fourth-order valence-corrected chi connectivity index (χ4v) is 1.86. The van der Waals surface area contributed by atoms with E-state index in [4.69, 9.17) is 14.7 Å². The van der Waals surface area contributed by atoms with Crippen LogP contribution >= 0.6 is 8.03 Å². The number of hydrogen-bond acceptors (Lipinski definition) is 4. The Morgan fingerprint density at radius 1 is 1.28 bits per heavy atom. The van der Waals surface area contributed by atoms with E-state index in [1.807, 2.05) is 0 Å². The number of rotatable bonds is 7. The molecule has 18 heavy (non-hydrogen) atoms. The van der Waals surface area contributed by atoms with Crippen LogP contribution in [0.5, 0.6) is 0 Å². The maximum Gasteiger partial charge on any atom is 0.505 e. The molecular weight excluding hydrogens is 259 g/mol. The van der Waals surface area contributed by atoms with Gasteiger partial charge >= 0.3 is 20.0 Å². The van der Waals surface area contributed by atoms with E-state index in [9.17, 15) is 14.2 Å². The summed E-state index contributed by atoms with van der Waals surface area (Å²) in [6.45, 7) is 5.14. The number of carboxylic acids is 1. The lowest BCUT2D eigenvalue weighted by Crippen LogP contribution is -2.29. The Bertz CT molecular complexity index is 302. The molecule has 2 atom stereocenters. The highest BCUT2D eigenvalue weighted by molar-refractivity contribution is 7.37. The van der Waals surface area contributed by atoms with E-state index >= 15 is 0 Å². The third-order valence-corrected chi connectivity index (χ3v) is 2.76. The predicted octanol–water partition coefficient (Wildman–Crippen LogP) is 1.93. The first-order chi connectivity index (χ1) is 8.11. The van der Waals surface area contributed by atoms with Crippen LogP contribution in [-0.2, 0) is 18.9 Å². The molecule has 0 aromatic rings. The second-order valence-corrected chi connectivity index (χ2v) is 6.18. The zero-order valence-electron chi connectivity index (χ0n) is 10.9. The topological polar surface area (TPSA) is 101 Å². The molecule has 0 radical (unpaired) electrons. The van der Waals surface area contributed by atoms with Crippen LogP contribution in [0.25, 0.3) is 0 Å². The molecule has 6 nitrogen and oxygen atoms in total. The van der Waals surface area contributed by atoms with Crippen molar-refractivity contribution in [3.8, 4) is 0 Å². The van der Waals surface area contributed by atoms with Crippen LogP contribution in [0.3, 0.4) is 0 Å². The summed E-state index contributed by atoms with van der Waals surface area (Å²) in [5.41, 5.74) is -0.653. The van der Waals surface area contributed by atoms with Crippen molar-refractivity contribution in [3.63, 3.8) is 0 Å². The van der Waals surface area contributed by atoms with Crippen molar-refractivity contribution < 1.29 is 28.9 Å². The minimum Gasteiger partial charge on any atom is -0.481 e. The molecule has 0 rings (SSSR count). The molecule has 0 heterocycles. The number of carbonyl (C=O) groups is 2. The maximum atomic E-state index is 11.8. The Kier molecular flexibility index (Phi) is 7.02. The van der Waals surface area contributed by atoms with Crippen LogP contribution in [0.4, 0.5) is 0 Å². The lowest BCUT2D eigenvalue weighted by molar-refractivity contribution is -0.160. The number of hydrogen-bond donors (Lipinski definition) is 2. The van der Waals surface area contributed by atoms with E-state index in [0.717, 1.165) is 0 Å². The van der Waals surface area contributed by atoms with Crippen LogP contribution in [0.2, 0.25) is 0 Å². The summed E-state index contributed by atoms with van der Waals surface area (Å²) >= 11 is 0. The molecule has 104 valence electrons.